The number of aryl methyl sites for hydroxylation is 1. The monoisotopic (exact) mass is 286 g/mol. The summed E-state index contributed by atoms with van der Waals surface area (Å²) in [6.45, 7) is 2.14. The number of para-hydroxylation sites is 1. The van der Waals surface area contributed by atoms with Crippen molar-refractivity contribution in [2.24, 2.45) is 5.92 Å². The largest absolute Gasteiger partial charge is 0.396 e. The molecule has 4 nitrogen and oxygen atoms in total. The van der Waals surface area contributed by atoms with Gasteiger partial charge in [-0.25, -0.2) is 0 Å². The number of hydrogen-bond donors (Lipinski definition) is 3. The van der Waals surface area contributed by atoms with Crippen LogP contribution in [0.3, 0.4) is 0 Å². The van der Waals surface area contributed by atoms with E-state index < -0.39 is 0 Å². The van der Waals surface area contributed by atoms with Crippen LogP contribution in [0.1, 0.15) is 30.5 Å². The fourth-order valence-electron chi connectivity index (χ4n) is 3.04. The second-order valence-corrected chi connectivity index (χ2v) is 5.97. The average molecular weight is 286 g/mol. The fraction of sp³-hybridized carbons (Fsp3) is 0.471. The maximum atomic E-state index is 12.3. The highest BCUT2D eigenvalue weighted by Gasteiger charge is 2.31. The summed E-state index contributed by atoms with van der Waals surface area (Å²) >= 11 is 0. The maximum absolute atomic E-state index is 12.3. The number of H-pyrrole nitrogens is 1. The van der Waals surface area contributed by atoms with Gasteiger partial charge in [0.1, 0.15) is 0 Å². The normalized spacial score (nSPS) is 16.1. The summed E-state index contributed by atoms with van der Waals surface area (Å²) < 4.78 is 0. The van der Waals surface area contributed by atoms with E-state index >= 15 is 0 Å². The zero-order valence-corrected chi connectivity index (χ0v) is 12.4. The summed E-state index contributed by atoms with van der Waals surface area (Å²) in [5.74, 6) is 0.610. The number of carbonyl (C=O) groups is 1. The summed E-state index contributed by atoms with van der Waals surface area (Å²) in [5, 5.41) is 13.3. The van der Waals surface area contributed by atoms with Gasteiger partial charge in [-0.3, -0.25) is 4.79 Å². The Morgan fingerprint density at radius 3 is 2.90 bits per heavy atom. The Morgan fingerprint density at radius 2 is 2.19 bits per heavy atom. The zero-order valence-electron chi connectivity index (χ0n) is 12.4. The molecule has 4 heteroatoms. The number of aromatic amines is 1. The molecule has 2 aromatic rings. The van der Waals surface area contributed by atoms with Crippen LogP contribution in [-0.2, 0) is 11.2 Å². The van der Waals surface area contributed by atoms with Crippen LogP contribution >= 0.6 is 0 Å². The highest BCUT2D eigenvalue weighted by atomic mass is 16.3. The number of aromatic nitrogens is 1. The van der Waals surface area contributed by atoms with Gasteiger partial charge in [-0.15, -0.1) is 0 Å². The first kappa shape index (κ1) is 14.1. The molecule has 0 radical (unpaired) electrons. The predicted molar refractivity (Wildman–Crippen MR) is 83.1 cm³/mol. The quantitative estimate of drug-likeness (QED) is 0.763. The molecule has 1 atom stereocenters. The molecule has 1 saturated carbocycles. The molecule has 1 unspecified atom stereocenters. The smallest absolute Gasteiger partial charge is 0.224 e. The topological polar surface area (TPSA) is 65.1 Å². The molecule has 112 valence electrons. The molecule has 1 heterocycles. The lowest BCUT2D eigenvalue weighted by Crippen LogP contribution is -2.38. The van der Waals surface area contributed by atoms with E-state index in [2.05, 4.69) is 10.3 Å². The molecule has 1 aliphatic rings. The van der Waals surface area contributed by atoms with Crippen LogP contribution in [0.15, 0.2) is 24.3 Å². The summed E-state index contributed by atoms with van der Waals surface area (Å²) in [5.41, 5.74) is 3.20. The number of fused-ring (bicyclic) bond motifs is 1. The number of aliphatic hydroxyl groups excluding tert-OH is 1. The molecule has 0 spiro atoms. The van der Waals surface area contributed by atoms with Gasteiger partial charge in [-0.1, -0.05) is 18.2 Å². The van der Waals surface area contributed by atoms with Crippen LogP contribution < -0.4 is 5.32 Å². The van der Waals surface area contributed by atoms with Crippen LogP contribution in [0, 0.1) is 12.8 Å². The Bertz CT molecular complexity index is 643. The lowest BCUT2D eigenvalue weighted by Gasteiger charge is -2.17. The van der Waals surface area contributed by atoms with E-state index in [4.69, 9.17) is 5.11 Å². The summed E-state index contributed by atoms with van der Waals surface area (Å²) in [6, 6.07) is 8.20. The fourth-order valence-corrected chi connectivity index (χ4v) is 3.04. The van der Waals surface area contributed by atoms with Crippen molar-refractivity contribution in [3.63, 3.8) is 0 Å². The van der Waals surface area contributed by atoms with Crippen molar-refractivity contribution in [3.8, 4) is 0 Å². The molecule has 1 amide bonds. The van der Waals surface area contributed by atoms with Gasteiger partial charge in [0.15, 0.2) is 0 Å². The van der Waals surface area contributed by atoms with Crippen LogP contribution in [0.2, 0.25) is 0 Å². The minimum atomic E-state index is 0.0493. The van der Waals surface area contributed by atoms with Crippen molar-refractivity contribution in [1.29, 1.82) is 0 Å². The number of rotatable bonds is 6. The predicted octanol–water partition coefficient (Wildman–Crippen LogP) is 2.30. The van der Waals surface area contributed by atoms with Crippen molar-refractivity contribution in [2.75, 3.05) is 6.61 Å². The number of benzene rings is 1. The molecule has 1 aromatic heterocycles. The Labute approximate surface area is 124 Å². The first-order chi connectivity index (χ1) is 10.2. The molecular formula is C17H22N2O2. The molecule has 1 aromatic carbocycles. The minimum absolute atomic E-state index is 0.0493. The molecule has 0 saturated heterocycles. The number of amides is 1. The molecule has 1 fully saturated rings. The lowest BCUT2D eigenvalue weighted by atomic mass is 10.1. The van der Waals surface area contributed by atoms with E-state index in [9.17, 15) is 4.79 Å². The number of aliphatic hydroxyl groups is 1. The van der Waals surface area contributed by atoms with Crippen molar-refractivity contribution in [3.05, 3.63) is 35.5 Å². The van der Waals surface area contributed by atoms with Crippen LogP contribution in [0.5, 0.6) is 0 Å². The molecule has 0 aliphatic heterocycles. The van der Waals surface area contributed by atoms with E-state index in [1.807, 2.05) is 31.2 Å². The number of nitrogens with one attached hydrogen (secondary N) is 2. The average Bonchev–Trinajstić information content (AvgIpc) is 3.25. The van der Waals surface area contributed by atoms with Crippen molar-refractivity contribution < 1.29 is 9.90 Å². The van der Waals surface area contributed by atoms with E-state index in [0.717, 1.165) is 35.0 Å². The van der Waals surface area contributed by atoms with Gasteiger partial charge >= 0.3 is 0 Å². The lowest BCUT2D eigenvalue weighted by molar-refractivity contribution is -0.121. The molecule has 3 rings (SSSR count). The third-order valence-electron chi connectivity index (χ3n) is 4.34. The third-order valence-corrected chi connectivity index (χ3v) is 4.34. The van der Waals surface area contributed by atoms with Crippen LogP contribution in [0.25, 0.3) is 10.9 Å². The van der Waals surface area contributed by atoms with E-state index in [1.54, 1.807) is 0 Å². The standard InChI is InChI=1S/C17H22N2O2/c1-11-14(13-4-2-3-5-16(13)18-11)10-17(21)19-15(8-9-20)12-6-7-12/h2-5,12,15,18,20H,6-10H2,1H3,(H,19,21). The van der Waals surface area contributed by atoms with Gasteiger partial charge in [0.05, 0.1) is 6.42 Å². The molecule has 3 N–H and O–H groups in total. The Morgan fingerprint density at radius 1 is 1.43 bits per heavy atom. The van der Waals surface area contributed by atoms with Crippen LogP contribution in [-0.4, -0.2) is 28.6 Å². The molecule has 21 heavy (non-hydrogen) atoms. The van der Waals surface area contributed by atoms with Gasteiger partial charge < -0.3 is 15.4 Å². The van der Waals surface area contributed by atoms with Gasteiger partial charge in [-0.2, -0.15) is 0 Å². The summed E-state index contributed by atoms with van der Waals surface area (Å²) in [7, 11) is 0. The van der Waals surface area contributed by atoms with E-state index in [0.29, 0.717) is 18.8 Å². The zero-order chi connectivity index (χ0) is 14.8. The first-order valence-corrected chi connectivity index (χ1v) is 7.65. The first-order valence-electron chi connectivity index (χ1n) is 7.65. The maximum Gasteiger partial charge on any atom is 0.224 e. The highest BCUT2D eigenvalue weighted by Crippen LogP contribution is 2.34. The Balaban J connectivity index is 1.72. The van der Waals surface area contributed by atoms with Crippen molar-refractivity contribution in [2.45, 2.75) is 38.6 Å². The Hall–Kier alpha value is -1.81. The molecular weight excluding hydrogens is 264 g/mol. The number of carbonyl (C=O) groups excluding carboxylic acids is 1. The SMILES string of the molecule is Cc1[nH]c2ccccc2c1CC(=O)NC(CCO)C1CC1. The van der Waals surface area contributed by atoms with Gasteiger partial charge in [-0.05, 0) is 43.7 Å². The minimum Gasteiger partial charge on any atom is -0.396 e. The molecule has 1 aliphatic carbocycles. The number of hydrogen-bond acceptors (Lipinski definition) is 2. The Kier molecular flexibility index (Phi) is 3.97. The second-order valence-electron chi connectivity index (χ2n) is 5.97. The molecule has 0 bridgehead atoms. The third kappa shape index (κ3) is 3.10. The van der Waals surface area contributed by atoms with E-state index in [-0.39, 0.29) is 18.6 Å². The van der Waals surface area contributed by atoms with E-state index in [1.165, 1.54) is 0 Å². The summed E-state index contributed by atoms with van der Waals surface area (Å²) in [4.78, 5) is 15.6. The van der Waals surface area contributed by atoms with Gasteiger partial charge in [0.2, 0.25) is 5.91 Å². The van der Waals surface area contributed by atoms with Gasteiger partial charge in [0, 0.05) is 29.2 Å². The van der Waals surface area contributed by atoms with Crippen molar-refractivity contribution in [1.82, 2.24) is 10.3 Å². The van der Waals surface area contributed by atoms with Gasteiger partial charge in [0.25, 0.3) is 0 Å². The highest BCUT2D eigenvalue weighted by molar-refractivity contribution is 5.90. The summed E-state index contributed by atoms with van der Waals surface area (Å²) in [6.07, 6.45) is 3.38. The second kappa shape index (κ2) is 5.90. The van der Waals surface area contributed by atoms with Crippen molar-refractivity contribution >= 4 is 16.8 Å². The van der Waals surface area contributed by atoms with Crippen LogP contribution in [0.4, 0.5) is 0 Å².